The van der Waals surface area contributed by atoms with E-state index in [4.69, 9.17) is 9.72 Å². The van der Waals surface area contributed by atoms with Crippen molar-refractivity contribution in [3.63, 3.8) is 0 Å². The van der Waals surface area contributed by atoms with Gasteiger partial charge >= 0.3 is 0 Å². The van der Waals surface area contributed by atoms with Gasteiger partial charge in [-0.1, -0.05) is 6.07 Å². The van der Waals surface area contributed by atoms with Crippen molar-refractivity contribution >= 4 is 26.8 Å². The molecule has 3 aromatic heterocycles. The number of fused-ring (bicyclic) bond motifs is 3. The lowest BCUT2D eigenvalue weighted by Gasteiger charge is -2.36. The van der Waals surface area contributed by atoms with Gasteiger partial charge in [0.25, 0.3) is 5.56 Å². The number of piperazine rings is 1. The van der Waals surface area contributed by atoms with Crippen LogP contribution in [0.4, 0.5) is 0 Å². The molecular formula is C25H30N6O4S. The largest absolute Gasteiger partial charge is 0.493 e. The van der Waals surface area contributed by atoms with Crippen LogP contribution in [0.1, 0.15) is 26.5 Å². The number of nitrogens with zero attached hydrogens (tertiary/aromatic N) is 5. The number of hydrogen-bond donors (Lipinski definition) is 1. The summed E-state index contributed by atoms with van der Waals surface area (Å²) in [5.41, 5.74) is 2.11. The summed E-state index contributed by atoms with van der Waals surface area (Å²) < 4.78 is 36.2. The van der Waals surface area contributed by atoms with Crippen molar-refractivity contribution in [3.05, 3.63) is 52.4 Å². The lowest BCUT2D eigenvalue weighted by Crippen LogP contribution is -2.50. The Balaban J connectivity index is 1.62. The molecule has 1 aliphatic heterocycles. The van der Waals surface area contributed by atoms with E-state index in [2.05, 4.69) is 28.7 Å². The second-order valence-electron chi connectivity index (χ2n) is 9.18. The van der Waals surface area contributed by atoms with E-state index >= 15 is 0 Å². The maximum absolute atomic E-state index is 13.5. The molecule has 0 amide bonds. The van der Waals surface area contributed by atoms with Gasteiger partial charge < -0.3 is 9.72 Å². The summed E-state index contributed by atoms with van der Waals surface area (Å²) in [6.45, 7) is 10.6. The van der Waals surface area contributed by atoms with Gasteiger partial charge in [0.2, 0.25) is 10.0 Å². The van der Waals surface area contributed by atoms with Crippen LogP contribution in [0, 0.1) is 6.92 Å². The van der Waals surface area contributed by atoms with Crippen LogP contribution in [0.25, 0.3) is 28.2 Å². The number of aryl methyl sites for hydroxylation is 1. The van der Waals surface area contributed by atoms with Crippen LogP contribution in [0.3, 0.4) is 0 Å². The summed E-state index contributed by atoms with van der Waals surface area (Å²) in [5, 5.41) is 0. The molecule has 1 aliphatic rings. The highest BCUT2D eigenvalue weighted by molar-refractivity contribution is 7.89. The van der Waals surface area contributed by atoms with Crippen LogP contribution < -0.4 is 10.3 Å². The van der Waals surface area contributed by atoms with Crippen molar-refractivity contribution in [2.45, 2.75) is 38.6 Å². The third kappa shape index (κ3) is 4.16. The van der Waals surface area contributed by atoms with Gasteiger partial charge in [0, 0.05) is 37.9 Å². The highest BCUT2D eigenvalue weighted by Crippen LogP contribution is 2.32. The first-order chi connectivity index (χ1) is 17.2. The van der Waals surface area contributed by atoms with Gasteiger partial charge in [0.15, 0.2) is 11.2 Å². The molecule has 0 saturated carbocycles. The number of nitrogens with one attached hydrogen (secondary N) is 1. The van der Waals surface area contributed by atoms with Gasteiger partial charge in [-0.15, -0.1) is 0 Å². The standard InChI is InChI=1S/C25H30N6O4S/c1-5-35-20-10-9-18(36(33,34)30-13-11-29(12-14-30)16(2)3)15-19(20)23-27-24-22(25(32)28-23)26-21-8-6-7-17(4)31(21)24/h6-10,15-16H,5,11-14H2,1-4H3,(H,27,28,32). The summed E-state index contributed by atoms with van der Waals surface area (Å²) in [4.78, 5) is 27.3. The number of sulfonamides is 1. The molecule has 0 unspecified atom stereocenters. The number of aromatic amines is 1. The Morgan fingerprint density at radius 1 is 1.08 bits per heavy atom. The molecular weight excluding hydrogens is 480 g/mol. The van der Waals surface area contributed by atoms with E-state index in [9.17, 15) is 13.2 Å². The molecule has 0 spiro atoms. The predicted molar refractivity (Wildman–Crippen MR) is 138 cm³/mol. The number of benzene rings is 1. The normalized spacial score (nSPS) is 15.8. The molecule has 4 aromatic rings. The maximum Gasteiger partial charge on any atom is 0.279 e. The van der Waals surface area contributed by atoms with Crippen LogP contribution >= 0.6 is 0 Å². The Kier molecular flexibility index (Phi) is 6.31. The summed E-state index contributed by atoms with van der Waals surface area (Å²) in [5.74, 6) is 0.664. The molecule has 5 rings (SSSR count). The quantitative estimate of drug-likeness (QED) is 0.424. The van der Waals surface area contributed by atoms with Crippen LogP contribution in [0.2, 0.25) is 0 Å². The van der Waals surface area contributed by atoms with E-state index in [0.717, 1.165) is 5.69 Å². The zero-order valence-corrected chi connectivity index (χ0v) is 21.7. The van der Waals surface area contributed by atoms with Crippen LogP contribution in [0.15, 0.2) is 46.1 Å². The van der Waals surface area contributed by atoms with Crippen LogP contribution in [-0.2, 0) is 10.0 Å². The molecule has 10 nitrogen and oxygen atoms in total. The average Bonchev–Trinajstić information content (AvgIpc) is 3.25. The van der Waals surface area contributed by atoms with Gasteiger partial charge in [-0.2, -0.15) is 4.31 Å². The number of pyridine rings is 1. The Morgan fingerprint density at radius 2 is 1.83 bits per heavy atom. The summed E-state index contributed by atoms with van der Waals surface area (Å²) in [6, 6.07) is 10.7. The number of aromatic nitrogens is 4. The van der Waals surface area contributed by atoms with Crippen LogP contribution in [0.5, 0.6) is 5.75 Å². The van der Waals surface area contributed by atoms with E-state index < -0.39 is 15.6 Å². The topological polar surface area (TPSA) is 113 Å². The predicted octanol–water partition coefficient (Wildman–Crippen LogP) is 2.66. The third-order valence-corrected chi connectivity index (χ3v) is 8.52. The summed E-state index contributed by atoms with van der Waals surface area (Å²) in [6.07, 6.45) is 0. The minimum absolute atomic E-state index is 0.135. The molecule has 1 fully saturated rings. The first kappa shape index (κ1) is 24.4. The van der Waals surface area contributed by atoms with Gasteiger partial charge in [-0.25, -0.2) is 18.4 Å². The fourth-order valence-electron chi connectivity index (χ4n) is 4.67. The van der Waals surface area contributed by atoms with E-state index in [-0.39, 0.29) is 16.2 Å². The second kappa shape index (κ2) is 9.30. The third-order valence-electron chi connectivity index (χ3n) is 6.63. The second-order valence-corrected chi connectivity index (χ2v) is 11.1. The first-order valence-electron chi connectivity index (χ1n) is 12.1. The summed E-state index contributed by atoms with van der Waals surface area (Å²) >= 11 is 0. The molecule has 0 aliphatic carbocycles. The van der Waals surface area contributed by atoms with E-state index in [1.807, 2.05) is 36.4 Å². The number of rotatable bonds is 6. The molecule has 1 aromatic carbocycles. The monoisotopic (exact) mass is 510 g/mol. The van der Waals surface area contributed by atoms with Crippen molar-refractivity contribution < 1.29 is 13.2 Å². The van der Waals surface area contributed by atoms with E-state index in [0.29, 0.717) is 61.4 Å². The Labute approximate surface area is 209 Å². The Bertz CT molecular complexity index is 1600. The minimum Gasteiger partial charge on any atom is -0.493 e. The first-order valence-corrected chi connectivity index (χ1v) is 13.5. The number of imidazole rings is 1. The van der Waals surface area contributed by atoms with Crippen LogP contribution in [-0.4, -0.2) is 75.8 Å². The molecule has 36 heavy (non-hydrogen) atoms. The lowest BCUT2D eigenvalue weighted by atomic mass is 10.2. The number of ether oxygens (including phenoxy) is 1. The molecule has 4 heterocycles. The van der Waals surface area contributed by atoms with Crippen molar-refractivity contribution in [3.8, 4) is 17.1 Å². The highest BCUT2D eigenvalue weighted by Gasteiger charge is 2.30. The fraction of sp³-hybridized carbons (Fsp3) is 0.400. The van der Waals surface area contributed by atoms with Crippen molar-refractivity contribution in [2.75, 3.05) is 32.8 Å². The zero-order chi connectivity index (χ0) is 25.6. The minimum atomic E-state index is -3.74. The summed E-state index contributed by atoms with van der Waals surface area (Å²) in [7, 11) is -3.74. The fourth-order valence-corrected chi connectivity index (χ4v) is 6.11. The highest BCUT2D eigenvalue weighted by atomic mass is 32.2. The number of hydrogen-bond acceptors (Lipinski definition) is 7. The molecule has 1 saturated heterocycles. The van der Waals surface area contributed by atoms with Crippen molar-refractivity contribution in [1.29, 1.82) is 0 Å². The molecule has 0 bridgehead atoms. The van der Waals surface area contributed by atoms with Gasteiger partial charge in [-0.3, -0.25) is 14.1 Å². The maximum atomic E-state index is 13.5. The lowest BCUT2D eigenvalue weighted by molar-refractivity contribution is 0.154. The molecule has 190 valence electrons. The van der Waals surface area contributed by atoms with E-state index in [1.165, 1.54) is 10.4 Å². The number of H-pyrrole nitrogens is 1. The van der Waals surface area contributed by atoms with Crippen molar-refractivity contribution in [1.82, 2.24) is 28.6 Å². The smallest absolute Gasteiger partial charge is 0.279 e. The molecule has 11 heteroatoms. The van der Waals surface area contributed by atoms with Gasteiger partial charge in [0.05, 0.1) is 17.1 Å². The Morgan fingerprint density at radius 3 is 2.53 bits per heavy atom. The van der Waals surface area contributed by atoms with Gasteiger partial charge in [-0.05, 0) is 58.0 Å². The molecule has 0 radical (unpaired) electrons. The SMILES string of the molecule is CCOc1ccc(S(=O)(=O)N2CCN(C(C)C)CC2)cc1-c1nc2c(nc3cccc(C)n32)c(=O)[nH]1. The molecule has 0 atom stereocenters. The molecule has 1 N–H and O–H groups in total. The van der Waals surface area contributed by atoms with E-state index in [1.54, 1.807) is 12.1 Å². The zero-order valence-electron chi connectivity index (χ0n) is 20.9. The average molecular weight is 511 g/mol. The van der Waals surface area contributed by atoms with Crippen molar-refractivity contribution in [2.24, 2.45) is 0 Å². The van der Waals surface area contributed by atoms with Gasteiger partial charge in [0.1, 0.15) is 17.2 Å². The Hall–Kier alpha value is -3.28.